The highest BCUT2D eigenvalue weighted by molar-refractivity contribution is 5.62. The topological polar surface area (TPSA) is 78.4 Å². The SMILES string of the molecule is Nc1c(COc2ccccc2)cccc1[N+](=O)[O-]. The van der Waals surface area contributed by atoms with Crippen molar-refractivity contribution in [2.45, 2.75) is 6.61 Å². The number of rotatable bonds is 4. The van der Waals surface area contributed by atoms with Gasteiger partial charge >= 0.3 is 0 Å². The Bertz CT molecular complexity index is 555. The molecule has 0 aliphatic heterocycles. The summed E-state index contributed by atoms with van der Waals surface area (Å²) < 4.78 is 5.51. The van der Waals surface area contributed by atoms with Crippen LogP contribution >= 0.6 is 0 Å². The first-order valence-electron chi connectivity index (χ1n) is 5.38. The van der Waals surface area contributed by atoms with Crippen LogP contribution in [0.5, 0.6) is 5.75 Å². The molecule has 0 heterocycles. The molecule has 92 valence electrons. The third-order valence-corrected chi connectivity index (χ3v) is 2.51. The van der Waals surface area contributed by atoms with Crippen molar-refractivity contribution in [3.63, 3.8) is 0 Å². The highest BCUT2D eigenvalue weighted by Crippen LogP contribution is 2.25. The Balaban J connectivity index is 2.15. The first kappa shape index (κ1) is 11.9. The van der Waals surface area contributed by atoms with Gasteiger partial charge in [-0.05, 0) is 12.1 Å². The Morgan fingerprint density at radius 3 is 2.50 bits per heavy atom. The Morgan fingerprint density at radius 1 is 1.11 bits per heavy atom. The van der Waals surface area contributed by atoms with Crippen LogP contribution in [-0.4, -0.2) is 4.92 Å². The molecule has 0 amide bonds. The number of anilines is 1. The molecule has 2 rings (SSSR count). The quantitative estimate of drug-likeness (QED) is 0.509. The van der Waals surface area contributed by atoms with E-state index in [-0.39, 0.29) is 18.0 Å². The van der Waals surface area contributed by atoms with E-state index in [4.69, 9.17) is 10.5 Å². The van der Waals surface area contributed by atoms with E-state index in [9.17, 15) is 10.1 Å². The molecular weight excluding hydrogens is 232 g/mol. The minimum absolute atomic E-state index is 0.0934. The van der Waals surface area contributed by atoms with Crippen molar-refractivity contribution in [1.29, 1.82) is 0 Å². The molecule has 0 aliphatic rings. The van der Waals surface area contributed by atoms with Crippen LogP contribution < -0.4 is 10.5 Å². The maximum Gasteiger partial charge on any atom is 0.292 e. The molecule has 0 unspecified atom stereocenters. The third kappa shape index (κ3) is 2.57. The largest absolute Gasteiger partial charge is 0.489 e. The molecule has 0 radical (unpaired) electrons. The second-order valence-electron chi connectivity index (χ2n) is 3.71. The summed E-state index contributed by atoms with van der Waals surface area (Å²) in [5.41, 5.74) is 6.39. The summed E-state index contributed by atoms with van der Waals surface area (Å²) in [5, 5.41) is 10.7. The first-order chi connectivity index (χ1) is 8.68. The molecule has 0 bridgehead atoms. The van der Waals surface area contributed by atoms with Crippen molar-refractivity contribution < 1.29 is 9.66 Å². The normalized spacial score (nSPS) is 10.0. The van der Waals surface area contributed by atoms with Gasteiger partial charge in [0, 0.05) is 11.6 Å². The average Bonchev–Trinajstić information content (AvgIpc) is 2.38. The minimum Gasteiger partial charge on any atom is -0.489 e. The second kappa shape index (κ2) is 5.18. The fourth-order valence-corrected chi connectivity index (χ4v) is 1.56. The third-order valence-electron chi connectivity index (χ3n) is 2.51. The molecule has 5 nitrogen and oxygen atoms in total. The lowest BCUT2D eigenvalue weighted by molar-refractivity contribution is -0.384. The van der Waals surface area contributed by atoms with Gasteiger partial charge in [-0.1, -0.05) is 30.3 Å². The number of ether oxygens (including phenoxy) is 1. The van der Waals surface area contributed by atoms with Gasteiger partial charge in [-0.25, -0.2) is 0 Å². The van der Waals surface area contributed by atoms with E-state index in [1.165, 1.54) is 6.07 Å². The van der Waals surface area contributed by atoms with Crippen LogP contribution in [0.2, 0.25) is 0 Å². The summed E-state index contributed by atoms with van der Waals surface area (Å²) in [6.45, 7) is 0.206. The summed E-state index contributed by atoms with van der Waals surface area (Å²) in [6.07, 6.45) is 0. The van der Waals surface area contributed by atoms with E-state index in [2.05, 4.69) is 0 Å². The zero-order valence-electron chi connectivity index (χ0n) is 9.58. The fourth-order valence-electron chi connectivity index (χ4n) is 1.56. The fraction of sp³-hybridized carbons (Fsp3) is 0.0769. The van der Waals surface area contributed by atoms with E-state index in [1.807, 2.05) is 30.3 Å². The Labute approximate surface area is 104 Å². The first-order valence-corrected chi connectivity index (χ1v) is 5.38. The molecule has 0 fully saturated rings. The van der Waals surface area contributed by atoms with Gasteiger partial charge in [0.25, 0.3) is 5.69 Å². The number of hydrogen-bond donors (Lipinski definition) is 1. The number of nitro benzene ring substituents is 1. The molecule has 0 spiro atoms. The number of nitrogens with two attached hydrogens (primary N) is 1. The van der Waals surface area contributed by atoms with Crippen LogP contribution in [0.15, 0.2) is 48.5 Å². The molecule has 0 atom stereocenters. The lowest BCUT2D eigenvalue weighted by atomic mass is 10.1. The average molecular weight is 244 g/mol. The van der Waals surface area contributed by atoms with E-state index < -0.39 is 4.92 Å². The van der Waals surface area contributed by atoms with E-state index in [0.717, 1.165) is 0 Å². The molecule has 2 aromatic rings. The molecule has 0 saturated heterocycles. The number of para-hydroxylation sites is 2. The second-order valence-corrected chi connectivity index (χ2v) is 3.71. The minimum atomic E-state index is -0.499. The van der Waals surface area contributed by atoms with Crippen molar-refractivity contribution in [1.82, 2.24) is 0 Å². The Morgan fingerprint density at radius 2 is 1.83 bits per heavy atom. The zero-order valence-corrected chi connectivity index (χ0v) is 9.58. The van der Waals surface area contributed by atoms with Crippen LogP contribution in [0.3, 0.4) is 0 Å². The van der Waals surface area contributed by atoms with Gasteiger partial charge in [0.15, 0.2) is 0 Å². The van der Waals surface area contributed by atoms with Gasteiger partial charge in [-0.15, -0.1) is 0 Å². The smallest absolute Gasteiger partial charge is 0.292 e. The lowest BCUT2D eigenvalue weighted by Gasteiger charge is -2.08. The van der Waals surface area contributed by atoms with Crippen molar-refractivity contribution in [2.24, 2.45) is 0 Å². The van der Waals surface area contributed by atoms with Gasteiger partial charge in [0.2, 0.25) is 0 Å². The van der Waals surface area contributed by atoms with E-state index in [0.29, 0.717) is 11.3 Å². The van der Waals surface area contributed by atoms with Crippen molar-refractivity contribution >= 4 is 11.4 Å². The van der Waals surface area contributed by atoms with Crippen LogP contribution in [0.25, 0.3) is 0 Å². The van der Waals surface area contributed by atoms with Crippen molar-refractivity contribution in [3.05, 3.63) is 64.2 Å². The summed E-state index contributed by atoms with van der Waals surface area (Å²) in [7, 11) is 0. The Hall–Kier alpha value is -2.56. The molecule has 18 heavy (non-hydrogen) atoms. The van der Waals surface area contributed by atoms with Crippen LogP contribution in [0.4, 0.5) is 11.4 Å². The van der Waals surface area contributed by atoms with Gasteiger partial charge in [-0.2, -0.15) is 0 Å². The monoisotopic (exact) mass is 244 g/mol. The molecule has 0 aliphatic carbocycles. The van der Waals surface area contributed by atoms with E-state index in [1.54, 1.807) is 12.1 Å². The molecular formula is C13H12N2O3. The summed E-state index contributed by atoms with van der Waals surface area (Å²) >= 11 is 0. The number of nitro groups is 1. The van der Waals surface area contributed by atoms with Gasteiger partial charge in [-0.3, -0.25) is 10.1 Å². The number of benzene rings is 2. The van der Waals surface area contributed by atoms with Gasteiger partial charge in [0.05, 0.1) is 4.92 Å². The van der Waals surface area contributed by atoms with Crippen LogP contribution in [0, 0.1) is 10.1 Å². The standard InChI is InChI=1S/C13H12N2O3/c14-13-10(5-4-8-12(13)15(16)17)9-18-11-6-2-1-3-7-11/h1-8H,9,14H2. The Kier molecular flexibility index (Phi) is 3.43. The predicted octanol–water partition coefficient (Wildman–Crippen LogP) is 2.76. The number of hydrogen-bond acceptors (Lipinski definition) is 4. The van der Waals surface area contributed by atoms with Crippen molar-refractivity contribution in [3.8, 4) is 5.75 Å². The molecule has 2 N–H and O–H groups in total. The maximum absolute atomic E-state index is 10.7. The summed E-state index contributed by atoms with van der Waals surface area (Å²) in [5.74, 6) is 0.698. The van der Waals surface area contributed by atoms with Crippen LogP contribution in [-0.2, 0) is 6.61 Å². The van der Waals surface area contributed by atoms with Crippen molar-refractivity contribution in [2.75, 3.05) is 5.73 Å². The highest BCUT2D eigenvalue weighted by atomic mass is 16.6. The van der Waals surface area contributed by atoms with Crippen LogP contribution in [0.1, 0.15) is 5.56 Å². The number of nitrogens with zero attached hydrogens (tertiary/aromatic N) is 1. The molecule has 2 aromatic carbocycles. The summed E-state index contributed by atoms with van der Waals surface area (Å²) in [4.78, 5) is 10.2. The molecule has 0 saturated carbocycles. The zero-order chi connectivity index (χ0) is 13.0. The highest BCUT2D eigenvalue weighted by Gasteiger charge is 2.14. The maximum atomic E-state index is 10.7. The predicted molar refractivity (Wildman–Crippen MR) is 68.3 cm³/mol. The summed E-state index contributed by atoms with van der Waals surface area (Å²) in [6, 6.07) is 13.9. The lowest BCUT2D eigenvalue weighted by Crippen LogP contribution is -2.03. The van der Waals surface area contributed by atoms with E-state index >= 15 is 0 Å². The molecule has 5 heteroatoms. The number of nitrogen functional groups attached to an aromatic ring is 1. The molecule has 0 aromatic heterocycles. The van der Waals surface area contributed by atoms with Gasteiger partial charge in [0.1, 0.15) is 18.0 Å². The van der Waals surface area contributed by atoms with Gasteiger partial charge < -0.3 is 10.5 Å².